The minimum atomic E-state index is 0.182. The van der Waals surface area contributed by atoms with Gasteiger partial charge in [0, 0.05) is 0 Å². The number of anilines is 1. The molecule has 0 saturated heterocycles. The first kappa shape index (κ1) is 14.4. The summed E-state index contributed by atoms with van der Waals surface area (Å²) in [6, 6.07) is 16.0. The van der Waals surface area contributed by atoms with Crippen molar-refractivity contribution in [2.45, 2.75) is 26.3 Å². The summed E-state index contributed by atoms with van der Waals surface area (Å²) in [5.41, 5.74) is 3.87. The van der Waals surface area contributed by atoms with Crippen LogP contribution in [0.3, 0.4) is 0 Å². The Kier molecular flexibility index (Phi) is 4.65. The molecule has 2 aromatic rings. The lowest BCUT2D eigenvalue weighted by molar-refractivity contribution is 0.749. The zero-order valence-corrected chi connectivity index (χ0v) is 12.4. The molecule has 0 aliphatic carbocycles. The Morgan fingerprint density at radius 2 is 1.90 bits per heavy atom. The predicted molar refractivity (Wildman–Crippen MR) is 84.0 cm³/mol. The van der Waals surface area contributed by atoms with Gasteiger partial charge in [0.15, 0.2) is 0 Å². The van der Waals surface area contributed by atoms with E-state index in [2.05, 4.69) is 49.5 Å². The normalized spacial score (nSPS) is 11.7. The van der Waals surface area contributed by atoms with Gasteiger partial charge in [-0.05, 0) is 37.1 Å². The molecule has 0 spiro atoms. The third kappa shape index (κ3) is 3.31. The summed E-state index contributed by atoms with van der Waals surface area (Å²) in [5.74, 6) is 0. The monoisotopic (exact) mass is 284 g/mol. The molecule has 1 atom stereocenters. The Balaban J connectivity index is 2.26. The molecule has 1 N–H and O–H groups in total. The van der Waals surface area contributed by atoms with Crippen molar-refractivity contribution in [3.8, 4) is 6.07 Å². The van der Waals surface area contributed by atoms with Gasteiger partial charge >= 0.3 is 0 Å². The van der Waals surface area contributed by atoms with Crippen LogP contribution in [0.25, 0.3) is 0 Å². The molecule has 0 amide bonds. The van der Waals surface area contributed by atoms with E-state index in [0.717, 1.165) is 12.1 Å². The quantitative estimate of drug-likeness (QED) is 0.849. The van der Waals surface area contributed by atoms with E-state index in [4.69, 9.17) is 16.9 Å². The van der Waals surface area contributed by atoms with Crippen LogP contribution in [0.4, 0.5) is 5.69 Å². The zero-order chi connectivity index (χ0) is 14.5. The summed E-state index contributed by atoms with van der Waals surface area (Å²) in [5, 5.41) is 13.0. The highest BCUT2D eigenvalue weighted by Crippen LogP contribution is 2.29. The summed E-state index contributed by atoms with van der Waals surface area (Å²) in [6.07, 6.45) is 0.941. The lowest BCUT2D eigenvalue weighted by atomic mass is 10.0. The lowest BCUT2D eigenvalue weighted by Gasteiger charge is -2.20. The molecule has 3 heteroatoms. The Bertz CT molecular complexity index is 626. The van der Waals surface area contributed by atoms with E-state index in [1.807, 2.05) is 0 Å². The second-order valence-electron chi connectivity index (χ2n) is 4.82. The van der Waals surface area contributed by atoms with Crippen LogP contribution < -0.4 is 5.32 Å². The maximum Gasteiger partial charge on any atom is 0.0992 e. The highest BCUT2D eigenvalue weighted by Gasteiger charge is 2.11. The maximum atomic E-state index is 8.97. The average molecular weight is 285 g/mol. The third-order valence-corrected chi connectivity index (χ3v) is 3.64. The van der Waals surface area contributed by atoms with E-state index in [9.17, 15) is 0 Å². The van der Waals surface area contributed by atoms with Crippen LogP contribution in [-0.4, -0.2) is 0 Å². The van der Waals surface area contributed by atoms with Crippen molar-refractivity contribution in [2.75, 3.05) is 5.32 Å². The van der Waals surface area contributed by atoms with E-state index < -0.39 is 0 Å². The third-order valence-electron chi connectivity index (χ3n) is 3.31. The number of benzene rings is 2. The number of halogens is 1. The molecule has 0 bridgehead atoms. The highest BCUT2D eigenvalue weighted by atomic mass is 35.5. The molecule has 0 fully saturated rings. The first-order valence-corrected chi connectivity index (χ1v) is 7.04. The molecular formula is C17H17ClN2. The molecule has 0 aromatic heterocycles. The van der Waals surface area contributed by atoms with Gasteiger partial charge in [0.05, 0.1) is 28.4 Å². The van der Waals surface area contributed by atoms with E-state index in [0.29, 0.717) is 10.6 Å². The summed E-state index contributed by atoms with van der Waals surface area (Å²) in [4.78, 5) is 0. The highest BCUT2D eigenvalue weighted by molar-refractivity contribution is 6.33. The fraction of sp³-hybridized carbons (Fsp3) is 0.235. The molecule has 0 aliphatic rings. The second kappa shape index (κ2) is 6.45. The first-order chi connectivity index (χ1) is 9.63. The molecule has 0 radical (unpaired) electrons. The van der Waals surface area contributed by atoms with Gasteiger partial charge in [-0.2, -0.15) is 5.26 Å². The van der Waals surface area contributed by atoms with Crippen LogP contribution >= 0.6 is 11.6 Å². The molecule has 0 heterocycles. The van der Waals surface area contributed by atoms with E-state index in [1.54, 1.807) is 18.2 Å². The van der Waals surface area contributed by atoms with Crippen molar-refractivity contribution >= 4 is 17.3 Å². The number of hydrogen-bond donors (Lipinski definition) is 1. The number of nitrogens with zero attached hydrogens (tertiary/aromatic N) is 1. The van der Waals surface area contributed by atoms with Crippen LogP contribution in [0.15, 0.2) is 42.5 Å². The fourth-order valence-electron chi connectivity index (χ4n) is 2.11. The lowest BCUT2D eigenvalue weighted by Crippen LogP contribution is -2.10. The van der Waals surface area contributed by atoms with Crippen molar-refractivity contribution in [1.82, 2.24) is 0 Å². The standard InChI is InChI=1S/C17H17ClN2/c1-3-16(14-7-4-12(2)5-8-14)20-17-10-13(11-19)6-9-15(17)18/h4-10,16,20H,3H2,1-2H3. The van der Waals surface area contributed by atoms with Gasteiger partial charge in [-0.25, -0.2) is 0 Å². The minimum absolute atomic E-state index is 0.182. The molecule has 0 saturated carbocycles. The molecule has 2 nitrogen and oxygen atoms in total. The van der Waals surface area contributed by atoms with Crippen LogP contribution in [0.1, 0.15) is 36.1 Å². The molecular weight excluding hydrogens is 268 g/mol. The van der Waals surface area contributed by atoms with Crippen LogP contribution in [0.2, 0.25) is 5.02 Å². The van der Waals surface area contributed by atoms with Gasteiger partial charge < -0.3 is 5.32 Å². The van der Waals surface area contributed by atoms with Crippen molar-refractivity contribution in [3.63, 3.8) is 0 Å². The number of rotatable bonds is 4. The van der Waals surface area contributed by atoms with Crippen LogP contribution in [0, 0.1) is 18.3 Å². The SMILES string of the molecule is CCC(Nc1cc(C#N)ccc1Cl)c1ccc(C)cc1. The first-order valence-electron chi connectivity index (χ1n) is 6.66. The van der Waals surface area contributed by atoms with Crippen LogP contribution in [0.5, 0.6) is 0 Å². The van der Waals surface area contributed by atoms with Crippen molar-refractivity contribution in [3.05, 3.63) is 64.2 Å². The smallest absolute Gasteiger partial charge is 0.0992 e. The average Bonchev–Trinajstić information content (AvgIpc) is 2.47. The van der Waals surface area contributed by atoms with Crippen molar-refractivity contribution < 1.29 is 0 Å². The Morgan fingerprint density at radius 3 is 2.50 bits per heavy atom. The Morgan fingerprint density at radius 1 is 1.20 bits per heavy atom. The largest absolute Gasteiger partial charge is 0.377 e. The number of aryl methyl sites for hydroxylation is 1. The fourth-order valence-corrected chi connectivity index (χ4v) is 2.29. The van der Waals surface area contributed by atoms with Gasteiger partial charge in [0.25, 0.3) is 0 Å². The van der Waals surface area contributed by atoms with Gasteiger partial charge in [-0.3, -0.25) is 0 Å². The summed E-state index contributed by atoms with van der Waals surface area (Å²) in [6.45, 7) is 4.20. The topological polar surface area (TPSA) is 35.8 Å². The van der Waals surface area contributed by atoms with E-state index >= 15 is 0 Å². The van der Waals surface area contributed by atoms with Gasteiger partial charge in [0.2, 0.25) is 0 Å². The summed E-state index contributed by atoms with van der Waals surface area (Å²) < 4.78 is 0. The Labute approximate surface area is 125 Å². The predicted octanol–water partition coefficient (Wildman–Crippen LogP) is 5.08. The minimum Gasteiger partial charge on any atom is -0.377 e. The molecule has 2 rings (SSSR count). The van der Waals surface area contributed by atoms with Gasteiger partial charge in [-0.15, -0.1) is 0 Å². The van der Waals surface area contributed by atoms with Crippen molar-refractivity contribution in [1.29, 1.82) is 5.26 Å². The molecule has 20 heavy (non-hydrogen) atoms. The number of nitrogens with one attached hydrogen (secondary N) is 1. The molecule has 0 aliphatic heterocycles. The van der Waals surface area contributed by atoms with E-state index in [-0.39, 0.29) is 6.04 Å². The molecule has 1 unspecified atom stereocenters. The number of hydrogen-bond acceptors (Lipinski definition) is 2. The summed E-state index contributed by atoms with van der Waals surface area (Å²) >= 11 is 6.20. The van der Waals surface area contributed by atoms with Gasteiger partial charge in [0.1, 0.15) is 0 Å². The van der Waals surface area contributed by atoms with Gasteiger partial charge in [-0.1, -0.05) is 48.4 Å². The van der Waals surface area contributed by atoms with E-state index in [1.165, 1.54) is 11.1 Å². The molecule has 102 valence electrons. The number of nitriles is 1. The summed E-state index contributed by atoms with van der Waals surface area (Å²) in [7, 11) is 0. The maximum absolute atomic E-state index is 8.97. The van der Waals surface area contributed by atoms with Crippen molar-refractivity contribution in [2.24, 2.45) is 0 Å². The molecule has 2 aromatic carbocycles. The zero-order valence-electron chi connectivity index (χ0n) is 11.7. The Hall–Kier alpha value is -1.98. The second-order valence-corrected chi connectivity index (χ2v) is 5.23. The van der Waals surface area contributed by atoms with Crippen LogP contribution in [-0.2, 0) is 0 Å².